The Morgan fingerprint density at radius 3 is 2.32 bits per heavy atom. The molecule has 2 aromatic rings. The lowest BCUT2D eigenvalue weighted by Crippen LogP contribution is -2.09. The van der Waals surface area contributed by atoms with Gasteiger partial charge in [-0.2, -0.15) is 0 Å². The molecule has 0 N–H and O–H groups in total. The van der Waals surface area contributed by atoms with Gasteiger partial charge in [-0.05, 0) is 48.3 Å². The fourth-order valence-corrected chi connectivity index (χ4v) is 3.41. The Hall–Kier alpha value is -2.29. The van der Waals surface area contributed by atoms with Crippen LogP contribution in [-0.2, 0) is 22.5 Å². The number of benzene rings is 2. The molecule has 0 spiro atoms. The molecule has 0 atom stereocenters. The van der Waals surface area contributed by atoms with Gasteiger partial charge in [0.15, 0.2) is 0 Å². The van der Waals surface area contributed by atoms with Crippen LogP contribution in [0.25, 0.3) is 0 Å². The molecule has 0 unspecified atom stereocenters. The van der Waals surface area contributed by atoms with E-state index in [1.54, 1.807) is 0 Å². The molecule has 0 amide bonds. The van der Waals surface area contributed by atoms with Crippen molar-refractivity contribution in [2.75, 3.05) is 6.61 Å². The van der Waals surface area contributed by atoms with Crippen LogP contribution < -0.4 is 0 Å². The molecule has 1 saturated carbocycles. The summed E-state index contributed by atoms with van der Waals surface area (Å²) in [4.78, 5) is 11.6. The quantitative estimate of drug-likeness (QED) is 0.485. The Labute approximate surface area is 150 Å². The molecule has 132 valence electrons. The highest BCUT2D eigenvalue weighted by molar-refractivity contribution is 5.59. The standard InChI is InChI=1S/C22H26O3/c23-22(25-17-19-7-2-1-3-8-19)24-16-6-9-18-12-14-21(15-13-18)20-10-4-5-11-20/h1-3,7-8,12-15,20H,4-6,9-11,16-17H2. The van der Waals surface area contributed by atoms with Crippen molar-refractivity contribution in [3.8, 4) is 0 Å². The number of aryl methyl sites for hydroxylation is 1. The Balaban J connectivity index is 1.32. The SMILES string of the molecule is O=C(OCCCc1ccc(C2CCCC2)cc1)OCc1ccccc1. The average Bonchev–Trinajstić information content (AvgIpc) is 3.20. The molecule has 2 aromatic carbocycles. The maximum Gasteiger partial charge on any atom is 0.508 e. The van der Waals surface area contributed by atoms with Crippen LogP contribution in [0.5, 0.6) is 0 Å². The number of carbonyl (C=O) groups excluding carboxylic acids is 1. The second kappa shape index (κ2) is 9.26. The maximum atomic E-state index is 11.6. The second-order valence-electron chi connectivity index (χ2n) is 6.70. The highest BCUT2D eigenvalue weighted by Crippen LogP contribution is 2.33. The van der Waals surface area contributed by atoms with Crippen LogP contribution >= 0.6 is 0 Å². The Morgan fingerprint density at radius 1 is 0.880 bits per heavy atom. The van der Waals surface area contributed by atoms with Gasteiger partial charge in [0.2, 0.25) is 0 Å². The summed E-state index contributed by atoms with van der Waals surface area (Å²) in [5.41, 5.74) is 3.73. The zero-order valence-corrected chi connectivity index (χ0v) is 14.7. The van der Waals surface area contributed by atoms with Crippen molar-refractivity contribution in [2.24, 2.45) is 0 Å². The summed E-state index contributed by atoms with van der Waals surface area (Å²) in [7, 11) is 0. The molecule has 3 nitrogen and oxygen atoms in total. The van der Waals surface area contributed by atoms with E-state index in [1.807, 2.05) is 30.3 Å². The lowest BCUT2D eigenvalue weighted by atomic mass is 9.96. The largest absolute Gasteiger partial charge is 0.508 e. The summed E-state index contributed by atoms with van der Waals surface area (Å²) in [5, 5.41) is 0. The topological polar surface area (TPSA) is 35.5 Å². The van der Waals surface area contributed by atoms with Gasteiger partial charge in [0.05, 0.1) is 6.61 Å². The van der Waals surface area contributed by atoms with E-state index in [-0.39, 0.29) is 6.61 Å². The van der Waals surface area contributed by atoms with E-state index < -0.39 is 6.16 Å². The van der Waals surface area contributed by atoms with Gasteiger partial charge in [-0.3, -0.25) is 0 Å². The first-order valence-electron chi connectivity index (χ1n) is 9.23. The first-order chi connectivity index (χ1) is 12.3. The fraction of sp³-hybridized carbons (Fsp3) is 0.409. The van der Waals surface area contributed by atoms with Crippen LogP contribution in [0.2, 0.25) is 0 Å². The minimum absolute atomic E-state index is 0.252. The molecule has 1 fully saturated rings. The molecule has 0 bridgehead atoms. The van der Waals surface area contributed by atoms with Gasteiger partial charge >= 0.3 is 6.16 Å². The summed E-state index contributed by atoms with van der Waals surface area (Å²) in [5.74, 6) is 0.761. The van der Waals surface area contributed by atoms with Crippen molar-refractivity contribution in [1.82, 2.24) is 0 Å². The molecule has 0 saturated heterocycles. The van der Waals surface area contributed by atoms with Crippen molar-refractivity contribution in [3.05, 3.63) is 71.3 Å². The normalized spacial score (nSPS) is 14.4. The van der Waals surface area contributed by atoms with Crippen LogP contribution in [0, 0.1) is 0 Å². The van der Waals surface area contributed by atoms with Crippen LogP contribution in [0.4, 0.5) is 4.79 Å². The van der Waals surface area contributed by atoms with Crippen molar-refractivity contribution in [3.63, 3.8) is 0 Å². The van der Waals surface area contributed by atoms with Gasteiger partial charge in [0.25, 0.3) is 0 Å². The van der Waals surface area contributed by atoms with E-state index in [0.29, 0.717) is 6.61 Å². The van der Waals surface area contributed by atoms with Crippen molar-refractivity contribution in [1.29, 1.82) is 0 Å². The molecular weight excluding hydrogens is 312 g/mol. The van der Waals surface area contributed by atoms with Gasteiger partial charge in [-0.1, -0.05) is 67.4 Å². The lowest BCUT2D eigenvalue weighted by molar-refractivity contribution is 0.0492. The summed E-state index contributed by atoms with van der Waals surface area (Å²) in [6.07, 6.45) is 6.52. The van der Waals surface area contributed by atoms with Gasteiger partial charge in [-0.15, -0.1) is 0 Å². The third kappa shape index (κ3) is 5.63. The van der Waals surface area contributed by atoms with Gasteiger partial charge in [0, 0.05) is 0 Å². The summed E-state index contributed by atoms with van der Waals surface area (Å²) in [6, 6.07) is 18.6. The minimum atomic E-state index is -0.597. The predicted molar refractivity (Wildman–Crippen MR) is 98.6 cm³/mol. The van der Waals surface area contributed by atoms with Gasteiger partial charge in [-0.25, -0.2) is 4.79 Å². The molecule has 0 radical (unpaired) electrons. The first kappa shape index (κ1) is 17.5. The Kier molecular flexibility index (Phi) is 6.49. The predicted octanol–water partition coefficient (Wildman–Crippen LogP) is 5.63. The molecule has 0 aliphatic heterocycles. The van der Waals surface area contributed by atoms with Crippen LogP contribution in [0.3, 0.4) is 0 Å². The Bertz CT molecular complexity index is 643. The molecule has 1 aliphatic rings. The van der Waals surface area contributed by atoms with Crippen LogP contribution in [-0.4, -0.2) is 12.8 Å². The van der Waals surface area contributed by atoms with E-state index in [0.717, 1.165) is 24.3 Å². The monoisotopic (exact) mass is 338 g/mol. The molecule has 0 aromatic heterocycles. The molecular formula is C22H26O3. The van der Waals surface area contributed by atoms with Crippen molar-refractivity contribution in [2.45, 2.75) is 51.0 Å². The number of hydrogen-bond acceptors (Lipinski definition) is 3. The minimum Gasteiger partial charge on any atom is -0.434 e. The van der Waals surface area contributed by atoms with E-state index >= 15 is 0 Å². The van der Waals surface area contributed by atoms with Crippen molar-refractivity contribution >= 4 is 6.16 Å². The summed E-state index contributed by atoms with van der Waals surface area (Å²) >= 11 is 0. The van der Waals surface area contributed by atoms with E-state index in [4.69, 9.17) is 9.47 Å². The third-order valence-corrected chi connectivity index (χ3v) is 4.84. The third-order valence-electron chi connectivity index (χ3n) is 4.84. The zero-order valence-electron chi connectivity index (χ0n) is 14.7. The fourth-order valence-electron chi connectivity index (χ4n) is 3.41. The lowest BCUT2D eigenvalue weighted by Gasteiger charge is -2.10. The van der Waals surface area contributed by atoms with Crippen molar-refractivity contribution < 1.29 is 14.3 Å². The molecule has 3 heteroatoms. The average molecular weight is 338 g/mol. The highest BCUT2D eigenvalue weighted by Gasteiger charge is 2.16. The number of carbonyl (C=O) groups is 1. The van der Waals surface area contributed by atoms with Gasteiger partial charge in [0.1, 0.15) is 6.61 Å². The molecule has 0 heterocycles. The summed E-state index contributed by atoms with van der Waals surface area (Å²) in [6.45, 7) is 0.639. The number of hydrogen-bond donors (Lipinski definition) is 0. The van der Waals surface area contributed by atoms with E-state index in [1.165, 1.54) is 36.8 Å². The number of ether oxygens (including phenoxy) is 2. The second-order valence-corrected chi connectivity index (χ2v) is 6.70. The van der Waals surface area contributed by atoms with E-state index in [9.17, 15) is 4.79 Å². The molecule has 25 heavy (non-hydrogen) atoms. The number of rotatable bonds is 7. The molecule has 3 rings (SSSR count). The van der Waals surface area contributed by atoms with Gasteiger partial charge < -0.3 is 9.47 Å². The Morgan fingerprint density at radius 2 is 1.60 bits per heavy atom. The van der Waals surface area contributed by atoms with Crippen LogP contribution in [0.15, 0.2) is 54.6 Å². The maximum absolute atomic E-state index is 11.6. The smallest absolute Gasteiger partial charge is 0.434 e. The molecule has 1 aliphatic carbocycles. The highest BCUT2D eigenvalue weighted by atomic mass is 16.7. The van der Waals surface area contributed by atoms with E-state index in [2.05, 4.69) is 24.3 Å². The summed E-state index contributed by atoms with van der Waals surface area (Å²) < 4.78 is 10.2. The first-order valence-corrected chi connectivity index (χ1v) is 9.23. The zero-order chi connectivity index (χ0) is 17.3. The van der Waals surface area contributed by atoms with Crippen LogP contribution in [0.1, 0.15) is 54.7 Å².